The Bertz CT molecular complexity index is 1150. The molecule has 1 unspecified atom stereocenters. The summed E-state index contributed by atoms with van der Waals surface area (Å²) in [7, 11) is 1.44. The number of nitrogens with zero attached hydrogens (tertiary/aromatic N) is 2. The number of carbonyl (C=O) groups excluding carboxylic acids is 2. The van der Waals surface area contributed by atoms with Crippen LogP contribution in [0.2, 0.25) is 0 Å². The predicted octanol–water partition coefficient (Wildman–Crippen LogP) is 3.16. The Balaban J connectivity index is 1.74. The first-order valence-electron chi connectivity index (χ1n) is 11.8. The summed E-state index contributed by atoms with van der Waals surface area (Å²) in [6, 6.07) is 9.55. The molecule has 1 amide bonds. The zero-order chi connectivity index (χ0) is 25.1. The number of phenols is 1. The van der Waals surface area contributed by atoms with E-state index in [4.69, 9.17) is 9.47 Å². The number of hydrogen-bond acceptors (Lipinski definition) is 7. The molecule has 186 valence electrons. The van der Waals surface area contributed by atoms with Crippen LogP contribution >= 0.6 is 0 Å². The summed E-state index contributed by atoms with van der Waals surface area (Å²) >= 11 is 0. The number of hydrogen-bond donors (Lipinski definition) is 2. The monoisotopic (exact) mass is 480 g/mol. The first-order valence-corrected chi connectivity index (χ1v) is 11.8. The van der Waals surface area contributed by atoms with E-state index in [9.17, 15) is 19.8 Å². The third-order valence-corrected chi connectivity index (χ3v) is 6.68. The van der Waals surface area contributed by atoms with Gasteiger partial charge < -0.3 is 24.6 Å². The van der Waals surface area contributed by atoms with Gasteiger partial charge in [-0.25, -0.2) is 0 Å². The van der Waals surface area contributed by atoms with Gasteiger partial charge in [0.25, 0.3) is 11.7 Å². The van der Waals surface area contributed by atoms with Gasteiger partial charge in [-0.3, -0.25) is 14.5 Å². The highest BCUT2D eigenvalue weighted by atomic mass is 16.5. The molecule has 2 aliphatic rings. The van der Waals surface area contributed by atoms with Gasteiger partial charge in [0, 0.05) is 31.7 Å². The summed E-state index contributed by atoms with van der Waals surface area (Å²) in [6.45, 7) is 7.93. The number of aliphatic hydroxyl groups excluding tert-OH is 1. The molecule has 2 aromatic rings. The van der Waals surface area contributed by atoms with Gasteiger partial charge in [-0.15, -0.1) is 0 Å². The van der Waals surface area contributed by atoms with Crippen LogP contribution in [0.4, 0.5) is 0 Å². The van der Waals surface area contributed by atoms with Crippen molar-refractivity contribution < 1.29 is 29.3 Å². The molecule has 2 heterocycles. The summed E-state index contributed by atoms with van der Waals surface area (Å²) in [5.41, 5.74) is 2.88. The largest absolute Gasteiger partial charge is 0.507 e. The number of aromatic hydroxyl groups is 1. The molecule has 4 rings (SSSR count). The average Bonchev–Trinajstić information content (AvgIpc) is 3.11. The van der Waals surface area contributed by atoms with Gasteiger partial charge in [-0.1, -0.05) is 23.8 Å². The van der Waals surface area contributed by atoms with Crippen LogP contribution in [0.5, 0.6) is 11.5 Å². The number of aliphatic hydroxyl groups is 1. The first kappa shape index (κ1) is 24.8. The van der Waals surface area contributed by atoms with E-state index in [0.29, 0.717) is 37.3 Å². The maximum atomic E-state index is 13.3. The Morgan fingerprint density at radius 2 is 1.83 bits per heavy atom. The van der Waals surface area contributed by atoms with E-state index in [-0.39, 0.29) is 22.8 Å². The van der Waals surface area contributed by atoms with Gasteiger partial charge >= 0.3 is 0 Å². The van der Waals surface area contributed by atoms with Crippen molar-refractivity contribution in [1.29, 1.82) is 0 Å². The van der Waals surface area contributed by atoms with Gasteiger partial charge in [0.2, 0.25) is 0 Å². The fraction of sp³-hybridized carbons (Fsp3) is 0.407. The number of morpholine rings is 1. The Hall–Kier alpha value is -3.36. The standard InChI is InChI=1S/C27H32N2O6/c1-17-5-6-18(2)20(15-17)25(31)23-24(19-7-8-21(30)22(16-19)34-3)29(27(33)26(23)32)10-4-9-28-11-13-35-14-12-28/h5-8,15-16,24,30-31H,4,9-14H2,1-3H3/b25-23+. The summed E-state index contributed by atoms with van der Waals surface area (Å²) < 4.78 is 10.7. The first-order chi connectivity index (χ1) is 16.8. The molecule has 2 saturated heterocycles. The van der Waals surface area contributed by atoms with Crippen molar-refractivity contribution in [2.24, 2.45) is 0 Å². The van der Waals surface area contributed by atoms with E-state index in [2.05, 4.69) is 4.90 Å². The van der Waals surface area contributed by atoms with Gasteiger partial charge in [-0.05, 0) is 49.6 Å². The van der Waals surface area contributed by atoms with Crippen molar-refractivity contribution in [3.63, 3.8) is 0 Å². The maximum Gasteiger partial charge on any atom is 0.295 e. The molecule has 0 aromatic heterocycles. The number of ether oxygens (including phenoxy) is 2. The Kier molecular flexibility index (Phi) is 7.42. The number of Topliss-reactive ketones (excluding diaryl/α,β-unsaturated/α-hetero) is 1. The number of aryl methyl sites for hydroxylation is 2. The minimum absolute atomic E-state index is 0.0443. The van der Waals surface area contributed by atoms with Crippen molar-refractivity contribution in [2.45, 2.75) is 26.3 Å². The van der Waals surface area contributed by atoms with E-state index in [0.717, 1.165) is 30.8 Å². The molecule has 2 N–H and O–H groups in total. The number of amides is 1. The van der Waals surface area contributed by atoms with E-state index in [1.807, 2.05) is 32.0 Å². The Morgan fingerprint density at radius 1 is 1.09 bits per heavy atom. The average molecular weight is 481 g/mol. The number of ketones is 1. The second-order valence-corrected chi connectivity index (χ2v) is 9.05. The number of carbonyl (C=O) groups is 2. The van der Waals surface area contributed by atoms with Crippen LogP contribution in [0, 0.1) is 13.8 Å². The molecule has 0 bridgehead atoms. The fourth-order valence-electron chi connectivity index (χ4n) is 4.75. The molecular formula is C27H32N2O6. The van der Waals surface area contributed by atoms with Gasteiger partial charge in [-0.2, -0.15) is 0 Å². The van der Waals surface area contributed by atoms with Gasteiger partial charge in [0.05, 0.1) is 31.9 Å². The van der Waals surface area contributed by atoms with Crippen LogP contribution in [0.1, 0.15) is 34.7 Å². The topological polar surface area (TPSA) is 99.5 Å². The molecule has 0 radical (unpaired) electrons. The number of methoxy groups -OCH3 is 1. The molecule has 0 aliphatic carbocycles. The van der Waals surface area contributed by atoms with E-state index >= 15 is 0 Å². The van der Waals surface area contributed by atoms with Crippen LogP contribution in [-0.4, -0.2) is 78.2 Å². The summed E-state index contributed by atoms with van der Waals surface area (Å²) in [5, 5.41) is 21.5. The van der Waals surface area contributed by atoms with Crippen molar-refractivity contribution in [1.82, 2.24) is 9.80 Å². The second-order valence-electron chi connectivity index (χ2n) is 9.05. The number of phenolic OH excluding ortho intramolecular Hbond substituents is 1. The molecule has 2 fully saturated rings. The second kappa shape index (κ2) is 10.5. The highest BCUT2D eigenvalue weighted by Gasteiger charge is 2.46. The number of rotatable bonds is 7. The lowest BCUT2D eigenvalue weighted by molar-refractivity contribution is -0.140. The Labute approximate surface area is 205 Å². The molecule has 1 atom stereocenters. The zero-order valence-corrected chi connectivity index (χ0v) is 20.4. The van der Waals surface area contributed by atoms with E-state index < -0.39 is 17.7 Å². The van der Waals surface area contributed by atoms with Crippen molar-refractivity contribution in [2.75, 3.05) is 46.5 Å². The van der Waals surface area contributed by atoms with E-state index in [1.165, 1.54) is 18.1 Å². The number of benzene rings is 2. The van der Waals surface area contributed by atoms with Crippen LogP contribution in [0.3, 0.4) is 0 Å². The third-order valence-electron chi connectivity index (χ3n) is 6.68. The lowest BCUT2D eigenvalue weighted by Gasteiger charge is -2.29. The summed E-state index contributed by atoms with van der Waals surface area (Å²) in [4.78, 5) is 30.3. The molecule has 0 spiro atoms. The maximum absolute atomic E-state index is 13.3. The molecule has 2 aromatic carbocycles. The molecule has 8 heteroatoms. The quantitative estimate of drug-likeness (QED) is 0.357. The Morgan fingerprint density at radius 3 is 2.54 bits per heavy atom. The SMILES string of the molecule is COc1cc(C2/C(=C(\O)c3cc(C)ccc3C)C(=O)C(=O)N2CCCN2CCOCC2)ccc1O. The summed E-state index contributed by atoms with van der Waals surface area (Å²) in [5.74, 6) is -1.37. The number of likely N-dealkylation sites (tertiary alicyclic amines) is 1. The molecule has 8 nitrogen and oxygen atoms in total. The van der Waals surface area contributed by atoms with Crippen LogP contribution < -0.4 is 4.74 Å². The van der Waals surface area contributed by atoms with Crippen LogP contribution in [0.15, 0.2) is 42.0 Å². The normalized spacial score (nSPS) is 20.4. The van der Waals surface area contributed by atoms with Crippen molar-refractivity contribution in [3.8, 4) is 11.5 Å². The molecular weight excluding hydrogens is 448 g/mol. The lowest BCUT2D eigenvalue weighted by atomic mass is 9.93. The van der Waals surface area contributed by atoms with E-state index in [1.54, 1.807) is 12.1 Å². The van der Waals surface area contributed by atoms with Crippen molar-refractivity contribution in [3.05, 3.63) is 64.2 Å². The summed E-state index contributed by atoms with van der Waals surface area (Å²) in [6.07, 6.45) is 0.669. The zero-order valence-electron chi connectivity index (χ0n) is 20.4. The highest BCUT2D eigenvalue weighted by Crippen LogP contribution is 2.42. The third kappa shape index (κ3) is 5.04. The van der Waals surface area contributed by atoms with Crippen LogP contribution in [-0.2, 0) is 14.3 Å². The minimum Gasteiger partial charge on any atom is -0.507 e. The predicted molar refractivity (Wildman–Crippen MR) is 131 cm³/mol. The highest BCUT2D eigenvalue weighted by molar-refractivity contribution is 6.46. The minimum atomic E-state index is -0.797. The van der Waals surface area contributed by atoms with Gasteiger partial charge in [0.15, 0.2) is 11.5 Å². The molecule has 2 aliphatic heterocycles. The van der Waals surface area contributed by atoms with Crippen molar-refractivity contribution >= 4 is 17.4 Å². The fourth-order valence-corrected chi connectivity index (χ4v) is 4.75. The smallest absolute Gasteiger partial charge is 0.295 e. The molecule has 0 saturated carbocycles. The lowest BCUT2D eigenvalue weighted by Crippen LogP contribution is -2.38. The van der Waals surface area contributed by atoms with Gasteiger partial charge in [0.1, 0.15) is 5.76 Å². The molecule has 35 heavy (non-hydrogen) atoms. The van der Waals surface area contributed by atoms with Crippen LogP contribution in [0.25, 0.3) is 5.76 Å².